The summed E-state index contributed by atoms with van der Waals surface area (Å²) < 4.78 is 3.52. The maximum Gasteiger partial charge on any atom is 0.256 e. The van der Waals surface area contributed by atoms with Crippen molar-refractivity contribution in [1.29, 1.82) is 0 Å². The molecule has 0 saturated heterocycles. The first-order valence-electron chi connectivity index (χ1n) is 11.4. The summed E-state index contributed by atoms with van der Waals surface area (Å²) in [6.45, 7) is 4.84. The van der Waals surface area contributed by atoms with Crippen molar-refractivity contribution in [1.82, 2.24) is 14.3 Å². The van der Waals surface area contributed by atoms with Crippen molar-refractivity contribution < 1.29 is 5.11 Å². The molecule has 0 spiro atoms. The zero-order chi connectivity index (χ0) is 22.0. The van der Waals surface area contributed by atoms with Crippen molar-refractivity contribution in [2.24, 2.45) is 18.9 Å². The van der Waals surface area contributed by atoms with Crippen LogP contribution < -0.4 is 5.56 Å². The third-order valence-electron chi connectivity index (χ3n) is 6.52. The van der Waals surface area contributed by atoms with E-state index >= 15 is 0 Å². The van der Waals surface area contributed by atoms with Crippen molar-refractivity contribution in [3.63, 3.8) is 0 Å². The average molecular weight is 420 g/mol. The molecular weight excluding hydrogens is 386 g/mol. The van der Waals surface area contributed by atoms with Crippen LogP contribution in [-0.4, -0.2) is 19.5 Å². The number of pyridine rings is 1. The van der Waals surface area contributed by atoms with E-state index in [1.807, 2.05) is 25.5 Å². The number of rotatable bonds is 6. The highest BCUT2D eigenvalue weighted by molar-refractivity contribution is 5.61. The summed E-state index contributed by atoms with van der Waals surface area (Å²) in [6.07, 6.45) is 8.88. The van der Waals surface area contributed by atoms with E-state index in [9.17, 15) is 9.90 Å². The largest absolute Gasteiger partial charge is 0.388 e. The SMILES string of the molecule is CC(C)Cn1cc(-c2cnn(C)c2)cc(C(O)[C@H]2CC[C@@H](c3ccccc3)CC2)c1=O. The number of aryl methyl sites for hydroxylation is 1. The van der Waals surface area contributed by atoms with Gasteiger partial charge in [0, 0.05) is 42.7 Å². The fourth-order valence-electron chi connectivity index (χ4n) is 4.88. The fraction of sp³-hybridized carbons (Fsp3) is 0.462. The molecule has 2 aromatic heterocycles. The van der Waals surface area contributed by atoms with Crippen LogP contribution >= 0.6 is 0 Å². The number of aliphatic hydroxyl groups excluding tert-OH is 1. The van der Waals surface area contributed by atoms with Crippen molar-refractivity contribution in [2.45, 2.75) is 58.1 Å². The van der Waals surface area contributed by atoms with E-state index in [0.717, 1.165) is 36.8 Å². The summed E-state index contributed by atoms with van der Waals surface area (Å²) in [5, 5.41) is 15.6. The van der Waals surface area contributed by atoms with Crippen LogP contribution in [0.1, 0.15) is 62.7 Å². The van der Waals surface area contributed by atoms with E-state index in [1.165, 1.54) is 5.56 Å². The first-order chi connectivity index (χ1) is 14.9. The van der Waals surface area contributed by atoms with Gasteiger partial charge in [-0.25, -0.2) is 0 Å². The number of aliphatic hydroxyl groups is 1. The number of hydrogen-bond acceptors (Lipinski definition) is 3. The molecule has 1 unspecified atom stereocenters. The van der Waals surface area contributed by atoms with Crippen molar-refractivity contribution in [3.05, 3.63) is 76.5 Å². The number of benzene rings is 1. The van der Waals surface area contributed by atoms with Gasteiger partial charge in [-0.05, 0) is 55.1 Å². The van der Waals surface area contributed by atoms with Crippen molar-refractivity contribution in [2.75, 3.05) is 0 Å². The van der Waals surface area contributed by atoms with Crippen LogP contribution in [0.4, 0.5) is 0 Å². The molecule has 1 aliphatic rings. The third-order valence-corrected chi connectivity index (χ3v) is 6.52. The molecule has 5 nitrogen and oxygen atoms in total. The summed E-state index contributed by atoms with van der Waals surface area (Å²) in [5.41, 5.74) is 3.72. The van der Waals surface area contributed by atoms with Crippen LogP contribution in [0.3, 0.4) is 0 Å². The second kappa shape index (κ2) is 9.23. The monoisotopic (exact) mass is 419 g/mol. The van der Waals surface area contributed by atoms with Gasteiger partial charge in [-0.15, -0.1) is 0 Å². The third kappa shape index (κ3) is 4.82. The quantitative estimate of drug-likeness (QED) is 0.617. The molecule has 1 N–H and O–H groups in total. The van der Waals surface area contributed by atoms with Crippen LogP contribution in [0.15, 0.2) is 59.8 Å². The van der Waals surface area contributed by atoms with E-state index < -0.39 is 6.10 Å². The van der Waals surface area contributed by atoms with E-state index in [4.69, 9.17) is 0 Å². The van der Waals surface area contributed by atoms with Gasteiger partial charge in [0.25, 0.3) is 5.56 Å². The minimum Gasteiger partial charge on any atom is -0.388 e. The second-order valence-electron chi connectivity index (χ2n) is 9.41. The Bertz CT molecular complexity index is 1060. The fourth-order valence-corrected chi connectivity index (χ4v) is 4.88. The van der Waals surface area contributed by atoms with Gasteiger partial charge in [-0.3, -0.25) is 9.48 Å². The Morgan fingerprint density at radius 1 is 1.06 bits per heavy atom. The normalized spacial score (nSPS) is 20.2. The smallest absolute Gasteiger partial charge is 0.256 e. The molecule has 164 valence electrons. The molecular formula is C26H33N3O2. The van der Waals surface area contributed by atoms with Crippen molar-refractivity contribution in [3.8, 4) is 11.1 Å². The van der Waals surface area contributed by atoms with Gasteiger partial charge in [0.05, 0.1) is 12.3 Å². The molecule has 0 radical (unpaired) electrons. The number of hydrogen-bond donors (Lipinski definition) is 1. The summed E-state index contributed by atoms with van der Waals surface area (Å²) in [5.74, 6) is 1.00. The van der Waals surface area contributed by atoms with Crippen molar-refractivity contribution >= 4 is 0 Å². The van der Waals surface area contributed by atoms with E-state index in [1.54, 1.807) is 15.4 Å². The minimum atomic E-state index is -0.737. The lowest BCUT2D eigenvalue weighted by molar-refractivity contribution is 0.0792. The maximum absolute atomic E-state index is 13.2. The predicted molar refractivity (Wildman–Crippen MR) is 124 cm³/mol. The van der Waals surface area contributed by atoms with E-state index in [-0.39, 0.29) is 11.5 Å². The van der Waals surface area contributed by atoms with Gasteiger partial charge < -0.3 is 9.67 Å². The highest BCUT2D eigenvalue weighted by Crippen LogP contribution is 2.40. The lowest BCUT2D eigenvalue weighted by Crippen LogP contribution is -2.30. The Kier molecular flexibility index (Phi) is 6.42. The Hall–Kier alpha value is -2.66. The Balaban J connectivity index is 1.59. The van der Waals surface area contributed by atoms with Gasteiger partial charge in [-0.2, -0.15) is 5.10 Å². The first-order valence-corrected chi connectivity index (χ1v) is 11.4. The van der Waals surface area contributed by atoms with Gasteiger partial charge in [-0.1, -0.05) is 44.2 Å². The topological polar surface area (TPSA) is 60.1 Å². The molecule has 5 heteroatoms. The Morgan fingerprint density at radius 3 is 2.39 bits per heavy atom. The van der Waals surface area contributed by atoms with Gasteiger partial charge >= 0.3 is 0 Å². The van der Waals surface area contributed by atoms with Gasteiger partial charge in [0.15, 0.2) is 0 Å². The molecule has 1 saturated carbocycles. The standard InChI is InChI=1S/C26H33N3O2/c1-18(2)15-29-17-22(23-14-27-28(3)16-23)13-24(26(29)31)25(30)21-11-9-20(10-12-21)19-7-5-4-6-8-19/h4-8,13-14,16-18,20-21,25,30H,9-12,15H2,1-3H3/t20-,21+,25?. The Morgan fingerprint density at radius 2 is 1.77 bits per heavy atom. The lowest BCUT2D eigenvalue weighted by atomic mass is 9.75. The maximum atomic E-state index is 13.2. The van der Waals surface area contributed by atoms with Crippen LogP contribution in [0.25, 0.3) is 11.1 Å². The van der Waals surface area contributed by atoms with E-state index in [2.05, 4.69) is 49.3 Å². The minimum absolute atomic E-state index is 0.0703. The molecule has 1 aromatic carbocycles. The zero-order valence-electron chi connectivity index (χ0n) is 18.7. The highest BCUT2D eigenvalue weighted by atomic mass is 16.3. The number of aromatic nitrogens is 3. The molecule has 1 aliphatic carbocycles. The molecule has 2 heterocycles. The van der Waals surface area contributed by atoms with E-state index in [0.29, 0.717) is 23.9 Å². The van der Waals surface area contributed by atoms with Crippen LogP contribution in [-0.2, 0) is 13.6 Å². The predicted octanol–water partition coefficient (Wildman–Crippen LogP) is 4.91. The molecule has 31 heavy (non-hydrogen) atoms. The summed E-state index contributed by atoms with van der Waals surface area (Å²) in [6, 6.07) is 12.5. The highest BCUT2D eigenvalue weighted by Gasteiger charge is 2.30. The summed E-state index contributed by atoms with van der Waals surface area (Å²) >= 11 is 0. The number of nitrogens with zero attached hydrogens (tertiary/aromatic N) is 3. The zero-order valence-corrected chi connectivity index (χ0v) is 18.7. The van der Waals surface area contributed by atoms with Crippen LogP contribution in [0.2, 0.25) is 0 Å². The summed E-state index contributed by atoms with van der Waals surface area (Å²) in [7, 11) is 1.88. The first kappa shape index (κ1) is 21.6. The molecule has 1 atom stereocenters. The lowest BCUT2D eigenvalue weighted by Gasteiger charge is -2.32. The van der Waals surface area contributed by atoms with Crippen LogP contribution in [0, 0.1) is 11.8 Å². The molecule has 0 aliphatic heterocycles. The molecule has 0 amide bonds. The van der Waals surface area contributed by atoms with Gasteiger partial charge in [0.2, 0.25) is 0 Å². The second-order valence-corrected chi connectivity index (χ2v) is 9.41. The molecule has 3 aromatic rings. The summed E-state index contributed by atoms with van der Waals surface area (Å²) in [4.78, 5) is 13.2. The molecule has 1 fully saturated rings. The Labute approximate surface area is 184 Å². The van der Waals surface area contributed by atoms with Crippen LogP contribution in [0.5, 0.6) is 0 Å². The molecule has 4 rings (SSSR count). The average Bonchev–Trinajstić information content (AvgIpc) is 3.21. The van der Waals surface area contributed by atoms with Gasteiger partial charge in [0.1, 0.15) is 0 Å². The molecule has 0 bridgehead atoms.